The van der Waals surface area contributed by atoms with E-state index in [1.807, 2.05) is 12.1 Å². The van der Waals surface area contributed by atoms with Crippen molar-refractivity contribution >= 4 is 21.6 Å². The van der Waals surface area contributed by atoms with E-state index in [1.165, 1.54) is 0 Å². The standard InChI is InChI=1S/C12H14BrNO2/c1-15-10-6-8(9-4-3-5-14-9)7-11(16-2)12(10)13/h6-7H,3-5H2,1-2H3. The summed E-state index contributed by atoms with van der Waals surface area (Å²) < 4.78 is 11.5. The van der Waals surface area contributed by atoms with Crippen LogP contribution in [0.25, 0.3) is 0 Å². The maximum Gasteiger partial charge on any atom is 0.137 e. The van der Waals surface area contributed by atoms with Crippen molar-refractivity contribution in [2.45, 2.75) is 12.8 Å². The van der Waals surface area contributed by atoms with Gasteiger partial charge in [0, 0.05) is 17.8 Å². The minimum atomic E-state index is 0.781. The third-order valence-corrected chi connectivity index (χ3v) is 3.43. The van der Waals surface area contributed by atoms with Crippen LogP contribution < -0.4 is 9.47 Å². The molecule has 0 saturated heterocycles. The summed E-state index contributed by atoms with van der Waals surface area (Å²) in [5.74, 6) is 1.56. The van der Waals surface area contributed by atoms with Crippen LogP contribution in [0.3, 0.4) is 0 Å². The van der Waals surface area contributed by atoms with Crippen LogP contribution in [0, 0.1) is 0 Å². The molecular weight excluding hydrogens is 270 g/mol. The quantitative estimate of drug-likeness (QED) is 0.854. The van der Waals surface area contributed by atoms with E-state index < -0.39 is 0 Å². The summed E-state index contributed by atoms with van der Waals surface area (Å²) in [5.41, 5.74) is 2.23. The van der Waals surface area contributed by atoms with Crippen molar-refractivity contribution in [3.63, 3.8) is 0 Å². The molecule has 0 spiro atoms. The normalized spacial score (nSPS) is 14.8. The molecule has 0 aromatic heterocycles. The lowest BCUT2D eigenvalue weighted by molar-refractivity contribution is 0.389. The van der Waals surface area contributed by atoms with Gasteiger partial charge in [-0.05, 0) is 40.9 Å². The summed E-state index contributed by atoms with van der Waals surface area (Å²) in [5, 5.41) is 0. The number of halogens is 1. The second-order valence-electron chi connectivity index (χ2n) is 3.63. The molecule has 0 saturated carbocycles. The lowest BCUT2D eigenvalue weighted by Gasteiger charge is -2.11. The first-order chi connectivity index (χ1) is 7.76. The van der Waals surface area contributed by atoms with Crippen LogP contribution in [0.4, 0.5) is 0 Å². The Hall–Kier alpha value is -1.03. The second kappa shape index (κ2) is 4.87. The maximum atomic E-state index is 5.31. The molecule has 0 radical (unpaired) electrons. The lowest BCUT2D eigenvalue weighted by Crippen LogP contribution is -1.99. The van der Waals surface area contributed by atoms with Crippen LogP contribution in [-0.2, 0) is 0 Å². The van der Waals surface area contributed by atoms with Crippen molar-refractivity contribution in [1.82, 2.24) is 0 Å². The summed E-state index contributed by atoms with van der Waals surface area (Å²) in [6, 6.07) is 3.99. The first-order valence-corrected chi connectivity index (χ1v) is 6.00. The van der Waals surface area contributed by atoms with E-state index >= 15 is 0 Å². The van der Waals surface area contributed by atoms with Crippen molar-refractivity contribution in [2.24, 2.45) is 4.99 Å². The van der Waals surface area contributed by atoms with Gasteiger partial charge in [0.25, 0.3) is 0 Å². The van der Waals surface area contributed by atoms with E-state index in [9.17, 15) is 0 Å². The van der Waals surface area contributed by atoms with Crippen molar-refractivity contribution < 1.29 is 9.47 Å². The average molecular weight is 284 g/mol. The molecule has 1 aliphatic heterocycles. The molecule has 4 heteroatoms. The molecule has 1 heterocycles. The third-order valence-electron chi connectivity index (χ3n) is 2.65. The van der Waals surface area contributed by atoms with Crippen molar-refractivity contribution in [3.05, 3.63) is 22.2 Å². The first kappa shape index (κ1) is 11.5. The van der Waals surface area contributed by atoms with E-state index in [0.717, 1.165) is 46.6 Å². The van der Waals surface area contributed by atoms with E-state index in [0.29, 0.717) is 0 Å². The molecule has 0 atom stereocenters. The number of aliphatic imine (C=N–C) groups is 1. The number of rotatable bonds is 3. The van der Waals surface area contributed by atoms with Gasteiger partial charge in [-0.15, -0.1) is 0 Å². The highest BCUT2D eigenvalue weighted by Crippen LogP contribution is 2.36. The van der Waals surface area contributed by atoms with Gasteiger partial charge in [-0.2, -0.15) is 0 Å². The van der Waals surface area contributed by atoms with Gasteiger partial charge in [-0.25, -0.2) is 0 Å². The van der Waals surface area contributed by atoms with Gasteiger partial charge in [-0.3, -0.25) is 4.99 Å². The molecule has 0 N–H and O–H groups in total. The molecule has 3 nitrogen and oxygen atoms in total. The van der Waals surface area contributed by atoms with Gasteiger partial charge in [-0.1, -0.05) is 0 Å². The van der Waals surface area contributed by atoms with Gasteiger partial charge in [0.15, 0.2) is 0 Å². The molecule has 0 fully saturated rings. The Kier molecular flexibility index (Phi) is 3.49. The first-order valence-electron chi connectivity index (χ1n) is 5.21. The maximum absolute atomic E-state index is 5.31. The van der Waals surface area contributed by atoms with Crippen molar-refractivity contribution in [1.29, 1.82) is 0 Å². The van der Waals surface area contributed by atoms with Crippen LogP contribution in [0.1, 0.15) is 18.4 Å². The summed E-state index contributed by atoms with van der Waals surface area (Å²) in [6.07, 6.45) is 2.17. The summed E-state index contributed by atoms with van der Waals surface area (Å²) in [6.45, 7) is 0.927. The minimum absolute atomic E-state index is 0.781. The molecule has 0 aliphatic carbocycles. The molecule has 1 aromatic carbocycles. The number of ether oxygens (including phenoxy) is 2. The number of hydrogen-bond donors (Lipinski definition) is 0. The van der Waals surface area contributed by atoms with Crippen LogP contribution in [0.2, 0.25) is 0 Å². The second-order valence-corrected chi connectivity index (χ2v) is 4.42. The van der Waals surface area contributed by atoms with Crippen LogP contribution >= 0.6 is 15.9 Å². The molecule has 16 heavy (non-hydrogen) atoms. The Morgan fingerprint density at radius 1 is 1.19 bits per heavy atom. The molecule has 2 rings (SSSR count). The zero-order valence-electron chi connectivity index (χ0n) is 9.42. The third kappa shape index (κ3) is 2.07. The predicted octanol–water partition coefficient (Wildman–Crippen LogP) is 3.05. The number of nitrogens with zero attached hydrogens (tertiary/aromatic N) is 1. The predicted molar refractivity (Wildman–Crippen MR) is 67.9 cm³/mol. The highest BCUT2D eigenvalue weighted by molar-refractivity contribution is 9.10. The van der Waals surface area contributed by atoms with Gasteiger partial charge in [0.05, 0.1) is 14.2 Å². The average Bonchev–Trinajstić information content (AvgIpc) is 2.83. The van der Waals surface area contributed by atoms with Crippen LogP contribution in [-0.4, -0.2) is 26.5 Å². The number of methoxy groups -OCH3 is 2. The fourth-order valence-electron chi connectivity index (χ4n) is 1.81. The Morgan fingerprint density at radius 2 is 1.81 bits per heavy atom. The Morgan fingerprint density at radius 3 is 2.25 bits per heavy atom. The molecule has 1 aromatic rings. The Balaban J connectivity index is 2.46. The SMILES string of the molecule is COc1cc(C2=NCCC2)cc(OC)c1Br. The highest BCUT2D eigenvalue weighted by atomic mass is 79.9. The van der Waals surface area contributed by atoms with E-state index in [1.54, 1.807) is 14.2 Å². The molecule has 1 aliphatic rings. The van der Waals surface area contributed by atoms with Gasteiger partial charge >= 0.3 is 0 Å². The largest absolute Gasteiger partial charge is 0.495 e. The monoisotopic (exact) mass is 283 g/mol. The lowest BCUT2D eigenvalue weighted by atomic mass is 10.1. The number of hydrogen-bond acceptors (Lipinski definition) is 3. The molecule has 0 bridgehead atoms. The minimum Gasteiger partial charge on any atom is -0.495 e. The molecule has 0 unspecified atom stereocenters. The van der Waals surface area contributed by atoms with Crippen molar-refractivity contribution in [3.8, 4) is 11.5 Å². The number of benzene rings is 1. The van der Waals surface area contributed by atoms with Gasteiger partial charge in [0.2, 0.25) is 0 Å². The van der Waals surface area contributed by atoms with Crippen LogP contribution in [0.15, 0.2) is 21.6 Å². The Labute approximate surface area is 104 Å². The smallest absolute Gasteiger partial charge is 0.137 e. The zero-order chi connectivity index (χ0) is 11.5. The van der Waals surface area contributed by atoms with Gasteiger partial charge < -0.3 is 9.47 Å². The zero-order valence-corrected chi connectivity index (χ0v) is 11.0. The summed E-state index contributed by atoms with van der Waals surface area (Å²) >= 11 is 3.45. The van der Waals surface area contributed by atoms with E-state index in [-0.39, 0.29) is 0 Å². The molecular formula is C12H14BrNO2. The summed E-state index contributed by atoms with van der Waals surface area (Å²) in [4.78, 5) is 4.48. The van der Waals surface area contributed by atoms with Crippen LogP contribution in [0.5, 0.6) is 11.5 Å². The highest BCUT2D eigenvalue weighted by Gasteiger charge is 2.15. The van der Waals surface area contributed by atoms with E-state index in [2.05, 4.69) is 20.9 Å². The summed E-state index contributed by atoms with van der Waals surface area (Å²) in [7, 11) is 3.31. The van der Waals surface area contributed by atoms with Crippen molar-refractivity contribution in [2.75, 3.05) is 20.8 Å². The Bertz CT molecular complexity index is 404. The molecule has 86 valence electrons. The fraction of sp³-hybridized carbons (Fsp3) is 0.417. The van der Waals surface area contributed by atoms with Gasteiger partial charge in [0.1, 0.15) is 16.0 Å². The topological polar surface area (TPSA) is 30.8 Å². The van der Waals surface area contributed by atoms with E-state index in [4.69, 9.17) is 9.47 Å². The molecule has 0 amide bonds. The fourth-order valence-corrected chi connectivity index (χ4v) is 2.36.